The lowest BCUT2D eigenvalue weighted by Crippen LogP contribution is -2.39. The Bertz CT molecular complexity index is 549. The highest BCUT2D eigenvalue weighted by molar-refractivity contribution is 6.34. The fraction of sp³-hybridized carbons (Fsp3) is 0.429. The molecule has 0 fully saturated rings. The molecule has 0 unspecified atom stereocenters. The van der Waals surface area contributed by atoms with Crippen molar-refractivity contribution in [2.75, 3.05) is 19.4 Å². The molecule has 1 aromatic rings. The summed E-state index contributed by atoms with van der Waals surface area (Å²) in [4.78, 5) is 25.1. The van der Waals surface area contributed by atoms with E-state index in [1.807, 2.05) is 0 Å². The highest BCUT2D eigenvalue weighted by atomic mass is 35.5. The van der Waals surface area contributed by atoms with E-state index in [2.05, 4.69) is 4.74 Å². The van der Waals surface area contributed by atoms with Crippen LogP contribution in [0.3, 0.4) is 0 Å². The van der Waals surface area contributed by atoms with Crippen LogP contribution in [0.4, 0.5) is 10.1 Å². The summed E-state index contributed by atoms with van der Waals surface area (Å²) >= 11 is 5.79. The molecule has 1 aromatic carbocycles. The van der Waals surface area contributed by atoms with E-state index in [4.69, 9.17) is 17.3 Å². The molecule has 2 N–H and O–H groups in total. The lowest BCUT2D eigenvalue weighted by atomic mass is 10.1. The third-order valence-electron chi connectivity index (χ3n) is 2.99. The number of hydrogen-bond donors (Lipinski definition) is 1. The molecule has 0 aromatic heterocycles. The number of carbonyl (C=O) groups is 2. The monoisotopic (exact) mass is 316 g/mol. The molecule has 0 atom stereocenters. The van der Waals surface area contributed by atoms with Crippen LogP contribution in [0.2, 0.25) is 5.02 Å². The average Bonchev–Trinajstić information content (AvgIpc) is 2.41. The maximum atomic E-state index is 13.4. The number of methoxy groups -OCH3 is 1. The van der Waals surface area contributed by atoms with Crippen molar-refractivity contribution in [2.45, 2.75) is 26.3 Å². The van der Waals surface area contributed by atoms with Gasteiger partial charge in [0.05, 0.1) is 29.8 Å². The van der Waals surface area contributed by atoms with Gasteiger partial charge in [0.2, 0.25) is 0 Å². The molecule has 5 nitrogen and oxygen atoms in total. The normalized spacial score (nSPS) is 10.6. The number of amides is 1. The molecule has 0 heterocycles. The van der Waals surface area contributed by atoms with Gasteiger partial charge in [-0.2, -0.15) is 0 Å². The van der Waals surface area contributed by atoms with Crippen molar-refractivity contribution in [2.24, 2.45) is 0 Å². The fourth-order valence-corrected chi connectivity index (χ4v) is 2.03. The molecule has 1 rings (SSSR count). The first-order chi connectivity index (χ1) is 9.77. The molecule has 1 amide bonds. The van der Waals surface area contributed by atoms with Crippen molar-refractivity contribution in [1.29, 1.82) is 0 Å². The molecule has 0 bridgehead atoms. The Morgan fingerprint density at radius 1 is 1.43 bits per heavy atom. The topological polar surface area (TPSA) is 72.6 Å². The minimum absolute atomic E-state index is 0.0152. The van der Waals surface area contributed by atoms with Gasteiger partial charge < -0.3 is 15.4 Å². The van der Waals surface area contributed by atoms with Crippen LogP contribution >= 0.6 is 11.6 Å². The highest BCUT2D eigenvalue weighted by Gasteiger charge is 2.23. The molecular formula is C14H18ClFN2O3. The van der Waals surface area contributed by atoms with Crippen LogP contribution in [-0.2, 0) is 9.53 Å². The number of nitrogens with zero attached hydrogens (tertiary/aromatic N) is 1. The lowest BCUT2D eigenvalue weighted by molar-refractivity contribution is -0.140. The van der Waals surface area contributed by atoms with E-state index in [0.29, 0.717) is 0 Å². The molecule has 0 aliphatic rings. The van der Waals surface area contributed by atoms with Gasteiger partial charge in [-0.05, 0) is 26.0 Å². The third kappa shape index (κ3) is 4.32. The summed E-state index contributed by atoms with van der Waals surface area (Å²) in [5.74, 6) is -1.55. The molecule has 0 spiro atoms. The largest absolute Gasteiger partial charge is 0.469 e. The summed E-state index contributed by atoms with van der Waals surface area (Å²) in [6, 6.07) is 1.89. The first-order valence-electron chi connectivity index (χ1n) is 6.40. The summed E-state index contributed by atoms with van der Waals surface area (Å²) in [7, 11) is 1.27. The minimum atomic E-state index is -0.644. The second kappa shape index (κ2) is 7.26. The van der Waals surface area contributed by atoms with Gasteiger partial charge in [-0.25, -0.2) is 4.39 Å². The Balaban J connectivity index is 3.04. The molecule has 0 aliphatic heterocycles. The van der Waals surface area contributed by atoms with Crippen LogP contribution < -0.4 is 5.73 Å². The van der Waals surface area contributed by atoms with Crippen molar-refractivity contribution in [3.63, 3.8) is 0 Å². The number of ether oxygens (including phenoxy) is 1. The standard InChI is InChI=1S/C14H18ClFN2O3/c1-8(2)18(5-4-12(19)21-3)14(20)10-6-9(16)7-11(15)13(10)17/h6-8H,4-5,17H2,1-3H3. The summed E-state index contributed by atoms with van der Waals surface area (Å²) in [6.45, 7) is 3.72. The molecule has 0 saturated carbocycles. The first kappa shape index (κ1) is 17.2. The van der Waals surface area contributed by atoms with E-state index in [1.165, 1.54) is 12.0 Å². The Morgan fingerprint density at radius 2 is 2.05 bits per heavy atom. The van der Waals surface area contributed by atoms with Crippen molar-refractivity contribution in [3.05, 3.63) is 28.5 Å². The molecule has 21 heavy (non-hydrogen) atoms. The molecule has 0 aliphatic carbocycles. The van der Waals surface area contributed by atoms with E-state index in [0.717, 1.165) is 12.1 Å². The number of hydrogen-bond acceptors (Lipinski definition) is 4. The van der Waals surface area contributed by atoms with E-state index < -0.39 is 17.7 Å². The number of carbonyl (C=O) groups excluding carboxylic acids is 2. The van der Waals surface area contributed by atoms with Crippen LogP contribution in [-0.4, -0.2) is 36.5 Å². The SMILES string of the molecule is COC(=O)CCN(C(=O)c1cc(F)cc(Cl)c1N)C(C)C. The number of nitrogen functional groups attached to an aromatic ring is 1. The predicted octanol–water partition coefficient (Wildman–Crippen LogP) is 2.48. The smallest absolute Gasteiger partial charge is 0.307 e. The second-order valence-corrected chi connectivity index (χ2v) is 5.17. The Kier molecular flexibility index (Phi) is 5.96. The van der Waals surface area contributed by atoms with Gasteiger partial charge in [-0.15, -0.1) is 0 Å². The predicted molar refractivity (Wildman–Crippen MR) is 78.6 cm³/mol. The van der Waals surface area contributed by atoms with Gasteiger partial charge in [0.15, 0.2) is 0 Å². The van der Waals surface area contributed by atoms with Gasteiger partial charge in [-0.3, -0.25) is 9.59 Å². The number of halogens is 2. The van der Waals surface area contributed by atoms with Crippen LogP contribution in [0.15, 0.2) is 12.1 Å². The maximum absolute atomic E-state index is 13.4. The number of nitrogens with two attached hydrogens (primary N) is 1. The molecule has 116 valence electrons. The molecule has 0 radical (unpaired) electrons. The minimum Gasteiger partial charge on any atom is -0.469 e. The van der Waals surface area contributed by atoms with Crippen LogP contribution in [0.1, 0.15) is 30.6 Å². The molecular weight excluding hydrogens is 299 g/mol. The zero-order valence-electron chi connectivity index (χ0n) is 12.2. The summed E-state index contributed by atoms with van der Waals surface area (Å²) in [5.41, 5.74) is 5.74. The van der Waals surface area contributed by atoms with Crippen molar-refractivity contribution in [1.82, 2.24) is 4.90 Å². The van der Waals surface area contributed by atoms with Crippen LogP contribution in [0.5, 0.6) is 0 Å². The highest BCUT2D eigenvalue weighted by Crippen LogP contribution is 2.26. The van der Waals surface area contributed by atoms with Gasteiger partial charge >= 0.3 is 5.97 Å². The first-order valence-corrected chi connectivity index (χ1v) is 6.78. The summed E-state index contributed by atoms with van der Waals surface area (Å²) in [6.07, 6.45) is 0.0450. The quantitative estimate of drug-likeness (QED) is 0.669. The van der Waals surface area contributed by atoms with Gasteiger partial charge in [0.1, 0.15) is 5.82 Å². The van der Waals surface area contributed by atoms with Gasteiger partial charge in [0, 0.05) is 12.6 Å². The number of esters is 1. The van der Waals surface area contributed by atoms with Crippen LogP contribution in [0.25, 0.3) is 0 Å². The number of anilines is 1. The van der Waals surface area contributed by atoms with E-state index in [-0.39, 0.29) is 35.3 Å². The number of benzene rings is 1. The zero-order valence-corrected chi connectivity index (χ0v) is 12.9. The Hall–Kier alpha value is -1.82. The van der Waals surface area contributed by atoms with E-state index in [1.54, 1.807) is 13.8 Å². The van der Waals surface area contributed by atoms with Gasteiger partial charge in [-0.1, -0.05) is 11.6 Å². The molecule has 7 heteroatoms. The van der Waals surface area contributed by atoms with Crippen molar-refractivity contribution < 1.29 is 18.7 Å². The third-order valence-corrected chi connectivity index (χ3v) is 3.31. The lowest BCUT2D eigenvalue weighted by Gasteiger charge is -2.27. The summed E-state index contributed by atoms with van der Waals surface area (Å²) < 4.78 is 18.0. The van der Waals surface area contributed by atoms with E-state index >= 15 is 0 Å². The molecule has 0 saturated heterocycles. The van der Waals surface area contributed by atoms with Crippen molar-refractivity contribution >= 4 is 29.2 Å². The maximum Gasteiger partial charge on any atom is 0.307 e. The fourth-order valence-electron chi connectivity index (χ4n) is 1.82. The summed E-state index contributed by atoms with van der Waals surface area (Å²) in [5, 5.41) is -0.0185. The second-order valence-electron chi connectivity index (χ2n) is 4.77. The average molecular weight is 317 g/mol. The van der Waals surface area contributed by atoms with Gasteiger partial charge in [0.25, 0.3) is 5.91 Å². The van der Waals surface area contributed by atoms with E-state index in [9.17, 15) is 14.0 Å². The van der Waals surface area contributed by atoms with Crippen molar-refractivity contribution in [3.8, 4) is 0 Å². The Morgan fingerprint density at radius 3 is 2.57 bits per heavy atom. The number of rotatable bonds is 5. The Labute approximate surface area is 127 Å². The van der Waals surface area contributed by atoms with Crippen LogP contribution in [0, 0.1) is 5.82 Å². The zero-order chi connectivity index (χ0) is 16.2.